The summed E-state index contributed by atoms with van der Waals surface area (Å²) in [5.74, 6) is 0.309. The maximum Gasteiger partial charge on any atom is 0.226 e. The van der Waals surface area contributed by atoms with E-state index < -0.39 is 9.84 Å². The lowest BCUT2D eigenvalue weighted by atomic mass is 9.90. The lowest BCUT2D eigenvalue weighted by Gasteiger charge is -2.37. The number of hydrogen-bond acceptors (Lipinski definition) is 4. The number of carbonyl (C=O) groups excluding carboxylic acids is 1. The zero-order valence-electron chi connectivity index (χ0n) is 13.7. The highest BCUT2D eigenvalue weighted by Gasteiger charge is 2.59. The molecule has 0 aromatic rings. The van der Waals surface area contributed by atoms with Crippen molar-refractivity contribution in [3.63, 3.8) is 0 Å². The van der Waals surface area contributed by atoms with Crippen LogP contribution < -0.4 is 5.32 Å². The van der Waals surface area contributed by atoms with Crippen LogP contribution in [0.2, 0.25) is 0 Å². The Labute approximate surface area is 133 Å². The highest BCUT2D eigenvalue weighted by molar-refractivity contribution is 7.91. The summed E-state index contributed by atoms with van der Waals surface area (Å²) in [4.78, 5) is 14.6. The minimum atomic E-state index is -3.10. The number of sulfone groups is 1. The van der Waals surface area contributed by atoms with Crippen LogP contribution in [0, 0.1) is 11.3 Å². The molecule has 3 atom stereocenters. The van der Waals surface area contributed by atoms with Gasteiger partial charge in [-0.2, -0.15) is 0 Å². The predicted octanol–water partition coefficient (Wildman–Crippen LogP) is 1.19. The van der Waals surface area contributed by atoms with E-state index in [1.165, 1.54) is 6.26 Å². The van der Waals surface area contributed by atoms with Gasteiger partial charge in [-0.1, -0.05) is 12.8 Å². The van der Waals surface area contributed by atoms with Crippen LogP contribution in [0.25, 0.3) is 0 Å². The molecule has 3 fully saturated rings. The average molecular weight is 328 g/mol. The number of hydrogen-bond donors (Lipinski definition) is 1. The molecule has 22 heavy (non-hydrogen) atoms. The Kier molecular flexibility index (Phi) is 4.27. The molecule has 6 heteroatoms. The number of carbonyl (C=O) groups is 1. The summed E-state index contributed by atoms with van der Waals surface area (Å²) in [6, 6.07) is -0.129. The van der Waals surface area contributed by atoms with Gasteiger partial charge in [0.15, 0.2) is 9.84 Å². The molecule has 1 heterocycles. The molecule has 0 aromatic heterocycles. The lowest BCUT2D eigenvalue weighted by Crippen LogP contribution is -2.50. The summed E-state index contributed by atoms with van der Waals surface area (Å²) in [6.45, 7) is 2.01. The predicted molar refractivity (Wildman–Crippen MR) is 86.3 cm³/mol. The van der Waals surface area contributed by atoms with Gasteiger partial charge in [0, 0.05) is 25.3 Å². The zero-order chi connectivity index (χ0) is 16.0. The molecule has 1 N–H and O–H groups in total. The van der Waals surface area contributed by atoms with Gasteiger partial charge < -0.3 is 10.2 Å². The van der Waals surface area contributed by atoms with E-state index >= 15 is 0 Å². The summed E-state index contributed by atoms with van der Waals surface area (Å²) < 4.78 is 24.1. The molecule has 5 nitrogen and oxygen atoms in total. The first kappa shape index (κ1) is 16.2. The van der Waals surface area contributed by atoms with Gasteiger partial charge in [0.05, 0.1) is 5.25 Å². The quantitative estimate of drug-likeness (QED) is 0.845. The normalized spacial score (nSPS) is 34.4. The standard InChI is InChI=1S/C16H28N2O3S/c1-18(13-5-3-4-6-14(13)22(2,20)21)15(19)12-11-16(12)7-9-17-10-8-16/h12-14,17H,3-11H2,1-2H3. The van der Waals surface area contributed by atoms with Gasteiger partial charge in [0.25, 0.3) is 0 Å². The van der Waals surface area contributed by atoms with E-state index in [0.29, 0.717) is 6.42 Å². The Morgan fingerprint density at radius 1 is 1.18 bits per heavy atom. The molecule has 1 amide bonds. The largest absolute Gasteiger partial charge is 0.341 e. The molecule has 1 spiro atoms. The van der Waals surface area contributed by atoms with Crippen LogP contribution in [0.15, 0.2) is 0 Å². The maximum atomic E-state index is 12.9. The smallest absolute Gasteiger partial charge is 0.226 e. The molecule has 0 aromatic carbocycles. The van der Waals surface area contributed by atoms with Crippen molar-refractivity contribution in [2.24, 2.45) is 11.3 Å². The van der Waals surface area contributed by atoms with Crippen LogP contribution in [0.1, 0.15) is 44.9 Å². The van der Waals surface area contributed by atoms with Crippen LogP contribution in [0.4, 0.5) is 0 Å². The van der Waals surface area contributed by atoms with Crippen molar-refractivity contribution in [1.82, 2.24) is 10.2 Å². The first-order valence-electron chi connectivity index (χ1n) is 8.51. The molecule has 3 unspecified atom stereocenters. The summed E-state index contributed by atoms with van der Waals surface area (Å²) >= 11 is 0. The molecular formula is C16H28N2O3S. The van der Waals surface area contributed by atoms with Crippen molar-refractivity contribution in [2.45, 2.75) is 56.2 Å². The van der Waals surface area contributed by atoms with E-state index in [9.17, 15) is 13.2 Å². The minimum Gasteiger partial charge on any atom is -0.341 e. The fraction of sp³-hybridized carbons (Fsp3) is 0.938. The van der Waals surface area contributed by atoms with Gasteiger partial charge in [0.2, 0.25) is 5.91 Å². The second-order valence-electron chi connectivity index (χ2n) is 7.54. The number of nitrogens with zero attached hydrogens (tertiary/aromatic N) is 1. The van der Waals surface area contributed by atoms with E-state index in [0.717, 1.165) is 51.6 Å². The van der Waals surface area contributed by atoms with Crippen molar-refractivity contribution in [1.29, 1.82) is 0 Å². The van der Waals surface area contributed by atoms with Crippen molar-refractivity contribution in [3.8, 4) is 0 Å². The Bertz CT molecular complexity index is 540. The molecule has 2 aliphatic carbocycles. The second kappa shape index (κ2) is 5.78. The van der Waals surface area contributed by atoms with Gasteiger partial charge >= 0.3 is 0 Å². The van der Waals surface area contributed by atoms with E-state index in [2.05, 4.69) is 5.32 Å². The van der Waals surface area contributed by atoms with E-state index in [-0.39, 0.29) is 28.5 Å². The topological polar surface area (TPSA) is 66.5 Å². The van der Waals surface area contributed by atoms with Gasteiger partial charge in [-0.3, -0.25) is 4.79 Å². The van der Waals surface area contributed by atoms with Crippen molar-refractivity contribution < 1.29 is 13.2 Å². The van der Waals surface area contributed by atoms with Crippen molar-refractivity contribution >= 4 is 15.7 Å². The van der Waals surface area contributed by atoms with E-state index in [1.54, 1.807) is 4.90 Å². The summed E-state index contributed by atoms with van der Waals surface area (Å²) in [5.41, 5.74) is 0.214. The molecule has 1 aliphatic heterocycles. The first-order valence-corrected chi connectivity index (χ1v) is 10.5. The molecular weight excluding hydrogens is 300 g/mol. The Balaban J connectivity index is 1.70. The third kappa shape index (κ3) is 2.92. The van der Waals surface area contributed by atoms with Crippen molar-refractivity contribution in [2.75, 3.05) is 26.4 Å². The summed E-state index contributed by atoms with van der Waals surface area (Å²) in [7, 11) is -1.27. The van der Waals surface area contributed by atoms with Gasteiger partial charge in [-0.05, 0) is 50.6 Å². The fourth-order valence-corrected chi connectivity index (χ4v) is 6.09. The number of nitrogens with one attached hydrogen (secondary N) is 1. The van der Waals surface area contributed by atoms with Crippen LogP contribution >= 0.6 is 0 Å². The van der Waals surface area contributed by atoms with Gasteiger partial charge in [0.1, 0.15) is 0 Å². The zero-order valence-corrected chi connectivity index (χ0v) is 14.5. The SMILES string of the molecule is CN(C(=O)C1CC12CCNCC2)C1CCCCC1S(C)(=O)=O. The first-order chi connectivity index (χ1) is 10.4. The number of piperidine rings is 1. The average Bonchev–Trinajstić information content (AvgIpc) is 3.18. The molecule has 3 rings (SSSR count). The molecule has 0 radical (unpaired) electrons. The monoisotopic (exact) mass is 328 g/mol. The highest BCUT2D eigenvalue weighted by atomic mass is 32.2. The highest BCUT2D eigenvalue weighted by Crippen LogP contribution is 2.59. The lowest BCUT2D eigenvalue weighted by molar-refractivity contribution is -0.134. The molecule has 126 valence electrons. The van der Waals surface area contributed by atoms with E-state index in [4.69, 9.17) is 0 Å². The van der Waals surface area contributed by atoms with Crippen LogP contribution in [0.5, 0.6) is 0 Å². The summed E-state index contributed by atoms with van der Waals surface area (Å²) in [5, 5.41) is 2.98. The van der Waals surface area contributed by atoms with E-state index in [1.807, 2.05) is 7.05 Å². The summed E-state index contributed by atoms with van der Waals surface area (Å²) in [6.07, 6.45) is 7.97. The molecule has 0 bridgehead atoms. The van der Waals surface area contributed by atoms with Gasteiger partial charge in [-0.15, -0.1) is 0 Å². The van der Waals surface area contributed by atoms with Crippen LogP contribution in [0.3, 0.4) is 0 Å². The molecule has 3 aliphatic rings. The Morgan fingerprint density at radius 2 is 1.82 bits per heavy atom. The molecule has 1 saturated heterocycles. The molecule has 2 saturated carbocycles. The Morgan fingerprint density at radius 3 is 2.45 bits per heavy atom. The van der Waals surface area contributed by atoms with Gasteiger partial charge in [-0.25, -0.2) is 8.42 Å². The number of amides is 1. The minimum absolute atomic E-state index is 0.127. The Hall–Kier alpha value is -0.620. The third-order valence-corrected chi connectivity index (χ3v) is 7.80. The maximum absolute atomic E-state index is 12.9. The van der Waals surface area contributed by atoms with Crippen molar-refractivity contribution in [3.05, 3.63) is 0 Å². The third-order valence-electron chi connectivity index (χ3n) is 6.15. The number of rotatable bonds is 3. The van der Waals surface area contributed by atoms with Crippen LogP contribution in [-0.4, -0.2) is 56.9 Å². The second-order valence-corrected chi connectivity index (χ2v) is 9.80. The fourth-order valence-electron chi connectivity index (χ4n) is 4.60. The van der Waals surface area contributed by atoms with Crippen LogP contribution in [-0.2, 0) is 14.6 Å².